The molecule has 0 radical (unpaired) electrons. The Kier molecular flexibility index (Phi) is 7.16. The third kappa shape index (κ3) is 6.92. The van der Waals surface area contributed by atoms with Crippen molar-refractivity contribution in [2.45, 2.75) is 26.3 Å². The van der Waals surface area contributed by atoms with Crippen molar-refractivity contribution < 1.29 is 18.7 Å². The summed E-state index contributed by atoms with van der Waals surface area (Å²) in [5.41, 5.74) is 2.00. The number of halogens is 1. The van der Waals surface area contributed by atoms with Crippen LogP contribution in [0.4, 0.5) is 4.39 Å². The Bertz CT molecular complexity index is 928. The number of amides is 1. The van der Waals surface area contributed by atoms with Crippen molar-refractivity contribution >= 4 is 5.91 Å². The molecule has 150 valence electrons. The molecule has 1 amide bonds. The number of benzene rings is 2. The maximum Gasteiger partial charge on any atom is 0.220 e. The Morgan fingerprint density at radius 3 is 2.62 bits per heavy atom. The molecule has 1 heterocycles. The van der Waals surface area contributed by atoms with E-state index in [4.69, 9.17) is 9.47 Å². The molecular weight excluding hydrogens is 371 g/mol. The molecule has 0 spiro atoms. The van der Waals surface area contributed by atoms with E-state index >= 15 is 0 Å². The van der Waals surface area contributed by atoms with Gasteiger partial charge in [0.25, 0.3) is 0 Å². The highest BCUT2D eigenvalue weighted by Gasteiger charge is 2.04. The van der Waals surface area contributed by atoms with Crippen molar-refractivity contribution in [1.82, 2.24) is 10.3 Å². The van der Waals surface area contributed by atoms with Gasteiger partial charge in [-0.1, -0.05) is 18.2 Å². The van der Waals surface area contributed by atoms with Gasteiger partial charge < -0.3 is 14.8 Å². The number of hydrogen-bond acceptors (Lipinski definition) is 4. The van der Waals surface area contributed by atoms with E-state index in [1.807, 2.05) is 37.3 Å². The number of ether oxygens (including phenoxy) is 2. The van der Waals surface area contributed by atoms with Gasteiger partial charge in [-0.25, -0.2) is 9.37 Å². The predicted molar refractivity (Wildman–Crippen MR) is 108 cm³/mol. The zero-order chi connectivity index (χ0) is 20.5. The van der Waals surface area contributed by atoms with Crippen molar-refractivity contribution in [3.05, 3.63) is 83.8 Å². The zero-order valence-corrected chi connectivity index (χ0v) is 16.2. The van der Waals surface area contributed by atoms with Crippen LogP contribution in [0.15, 0.2) is 66.9 Å². The van der Waals surface area contributed by atoms with Crippen molar-refractivity contribution in [1.29, 1.82) is 0 Å². The van der Waals surface area contributed by atoms with Gasteiger partial charge in [-0.3, -0.25) is 4.79 Å². The largest absolute Gasteiger partial charge is 0.494 e. The molecule has 1 aromatic heterocycles. The molecule has 0 saturated carbocycles. The molecule has 0 unspecified atom stereocenters. The van der Waals surface area contributed by atoms with E-state index < -0.39 is 0 Å². The van der Waals surface area contributed by atoms with Crippen LogP contribution in [0.1, 0.15) is 24.0 Å². The molecule has 2 aromatic carbocycles. The second-order valence-electron chi connectivity index (χ2n) is 6.61. The molecule has 0 atom stereocenters. The standard InChI is InChI=1S/C23H23FN2O3/c1-17-4-2-5-21(14-17)28-13-3-6-22(27)25-15-18-7-12-23(26-16-18)29-20-10-8-19(24)9-11-20/h2,4-5,7-12,14,16H,3,6,13,15H2,1H3,(H,25,27). The topological polar surface area (TPSA) is 60.5 Å². The van der Waals surface area contributed by atoms with Crippen LogP contribution in [0, 0.1) is 12.7 Å². The van der Waals surface area contributed by atoms with Gasteiger partial charge in [-0.2, -0.15) is 0 Å². The highest BCUT2D eigenvalue weighted by molar-refractivity contribution is 5.75. The molecule has 1 N–H and O–H groups in total. The Balaban J connectivity index is 1.35. The molecule has 6 heteroatoms. The van der Waals surface area contributed by atoms with Crippen molar-refractivity contribution in [3.63, 3.8) is 0 Å². The molecule has 0 bridgehead atoms. The molecule has 0 saturated heterocycles. The van der Waals surface area contributed by atoms with Crippen LogP contribution in [-0.2, 0) is 11.3 Å². The van der Waals surface area contributed by atoms with E-state index in [1.54, 1.807) is 12.3 Å². The summed E-state index contributed by atoms with van der Waals surface area (Å²) in [6.07, 6.45) is 2.67. The second kappa shape index (κ2) is 10.2. The van der Waals surface area contributed by atoms with Crippen LogP contribution < -0.4 is 14.8 Å². The van der Waals surface area contributed by atoms with E-state index in [-0.39, 0.29) is 11.7 Å². The van der Waals surface area contributed by atoms with E-state index in [0.29, 0.717) is 37.6 Å². The number of pyridine rings is 1. The van der Waals surface area contributed by atoms with Crippen LogP contribution in [0.2, 0.25) is 0 Å². The van der Waals surface area contributed by atoms with E-state index in [1.165, 1.54) is 24.3 Å². The Labute approximate surface area is 169 Å². The maximum atomic E-state index is 12.9. The lowest BCUT2D eigenvalue weighted by Crippen LogP contribution is -2.23. The minimum absolute atomic E-state index is 0.0375. The van der Waals surface area contributed by atoms with Crippen LogP contribution >= 0.6 is 0 Å². The first-order chi connectivity index (χ1) is 14.1. The first kappa shape index (κ1) is 20.3. The highest BCUT2D eigenvalue weighted by Crippen LogP contribution is 2.19. The van der Waals surface area contributed by atoms with Gasteiger partial charge in [0.05, 0.1) is 6.61 Å². The van der Waals surface area contributed by atoms with E-state index in [9.17, 15) is 9.18 Å². The van der Waals surface area contributed by atoms with Crippen LogP contribution in [0.25, 0.3) is 0 Å². The summed E-state index contributed by atoms with van der Waals surface area (Å²) >= 11 is 0. The molecule has 0 aliphatic rings. The first-order valence-corrected chi connectivity index (χ1v) is 9.43. The summed E-state index contributed by atoms with van der Waals surface area (Å²) in [6, 6.07) is 17.1. The Morgan fingerprint density at radius 1 is 1.07 bits per heavy atom. The number of nitrogens with one attached hydrogen (secondary N) is 1. The van der Waals surface area contributed by atoms with Gasteiger partial charge >= 0.3 is 0 Å². The lowest BCUT2D eigenvalue weighted by molar-refractivity contribution is -0.121. The molecular formula is C23H23FN2O3. The molecule has 0 aliphatic carbocycles. The first-order valence-electron chi connectivity index (χ1n) is 9.43. The number of rotatable bonds is 9. The summed E-state index contributed by atoms with van der Waals surface area (Å²) in [5, 5.41) is 2.87. The van der Waals surface area contributed by atoms with Gasteiger partial charge in [-0.15, -0.1) is 0 Å². The van der Waals surface area contributed by atoms with Crippen molar-refractivity contribution in [3.8, 4) is 17.4 Å². The van der Waals surface area contributed by atoms with Gasteiger partial charge in [0, 0.05) is 25.2 Å². The third-order valence-corrected chi connectivity index (χ3v) is 4.13. The fourth-order valence-electron chi connectivity index (χ4n) is 2.62. The van der Waals surface area contributed by atoms with Crippen LogP contribution in [-0.4, -0.2) is 17.5 Å². The third-order valence-electron chi connectivity index (χ3n) is 4.13. The predicted octanol–water partition coefficient (Wildman–Crippen LogP) is 4.80. The number of carbonyl (C=O) groups is 1. The molecule has 5 nitrogen and oxygen atoms in total. The SMILES string of the molecule is Cc1cccc(OCCCC(=O)NCc2ccc(Oc3ccc(F)cc3)nc2)c1. The lowest BCUT2D eigenvalue weighted by atomic mass is 10.2. The molecule has 3 aromatic rings. The summed E-state index contributed by atoms with van der Waals surface area (Å²) in [7, 11) is 0. The van der Waals surface area contributed by atoms with Gasteiger partial charge in [0.15, 0.2) is 0 Å². The van der Waals surface area contributed by atoms with E-state index in [2.05, 4.69) is 10.3 Å². The lowest BCUT2D eigenvalue weighted by Gasteiger charge is -2.08. The average molecular weight is 394 g/mol. The molecule has 3 rings (SSSR count). The molecule has 29 heavy (non-hydrogen) atoms. The van der Waals surface area contributed by atoms with Gasteiger partial charge in [0.1, 0.15) is 17.3 Å². The zero-order valence-electron chi connectivity index (χ0n) is 16.2. The number of aromatic nitrogens is 1. The van der Waals surface area contributed by atoms with Crippen LogP contribution in [0.5, 0.6) is 17.4 Å². The quantitative estimate of drug-likeness (QED) is 0.530. The number of hydrogen-bond donors (Lipinski definition) is 1. The summed E-state index contributed by atoms with van der Waals surface area (Å²) in [6.45, 7) is 2.89. The van der Waals surface area contributed by atoms with Gasteiger partial charge in [-0.05, 0) is 60.9 Å². The summed E-state index contributed by atoms with van der Waals surface area (Å²) in [5.74, 6) is 1.37. The number of aryl methyl sites for hydroxylation is 1. The van der Waals surface area contributed by atoms with Crippen molar-refractivity contribution in [2.75, 3.05) is 6.61 Å². The summed E-state index contributed by atoms with van der Waals surface area (Å²) < 4.78 is 24.1. The Morgan fingerprint density at radius 2 is 1.90 bits per heavy atom. The summed E-state index contributed by atoms with van der Waals surface area (Å²) in [4.78, 5) is 16.2. The molecule has 0 aliphatic heterocycles. The Hall–Kier alpha value is -3.41. The highest BCUT2D eigenvalue weighted by atomic mass is 19.1. The fraction of sp³-hybridized carbons (Fsp3) is 0.217. The second-order valence-corrected chi connectivity index (χ2v) is 6.61. The smallest absolute Gasteiger partial charge is 0.220 e. The minimum Gasteiger partial charge on any atom is -0.494 e. The fourth-order valence-corrected chi connectivity index (χ4v) is 2.62. The average Bonchev–Trinajstić information content (AvgIpc) is 2.72. The number of carbonyl (C=O) groups excluding carboxylic acids is 1. The molecule has 0 fully saturated rings. The van der Waals surface area contributed by atoms with Crippen molar-refractivity contribution in [2.24, 2.45) is 0 Å². The maximum absolute atomic E-state index is 12.9. The number of nitrogens with zero attached hydrogens (tertiary/aromatic N) is 1. The van der Waals surface area contributed by atoms with Crippen LogP contribution in [0.3, 0.4) is 0 Å². The van der Waals surface area contributed by atoms with E-state index in [0.717, 1.165) is 16.9 Å². The minimum atomic E-state index is -0.321. The monoisotopic (exact) mass is 394 g/mol. The normalized spacial score (nSPS) is 10.4. The van der Waals surface area contributed by atoms with Gasteiger partial charge in [0.2, 0.25) is 11.8 Å².